The lowest BCUT2D eigenvalue weighted by atomic mass is 9.92. The molecule has 1 N–H and O–H groups in total. The fourth-order valence-corrected chi connectivity index (χ4v) is 3.72. The zero-order valence-corrected chi connectivity index (χ0v) is 15.0. The maximum Gasteiger partial charge on any atom is 0.223 e. The van der Waals surface area contributed by atoms with E-state index in [0.717, 1.165) is 45.5 Å². The SMILES string of the molecule is COCCN1CCC(C(=O)N[C@H]2COC[C@H]2Cc2ccncc2)CC1. The highest BCUT2D eigenvalue weighted by Gasteiger charge is 2.32. The first kappa shape index (κ1) is 18.3. The number of rotatable bonds is 7. The van der Waals surface area contributed by atoms with E-state index in [0.29, 0.717) is 19.1 Å². The highest BCUT2D eigenvalue weighted by Crippen LogP contribution is 2.22. The summed E-state index contributed by atoms with van der Waals surface area (Å²) >= 11 is 0. The van der Waals surface area contributed by atoms with Gasteiger partial charge in [0.25, 0.3) is 0 Å². The van der Waals surface area contributed by atoms with E-state index in [1.165, 1.54) is 5.56 Å². The zero-order chi connectivity index (χ0) is 17.5. The van der Waals surface area contributed by atoms with Gasteiger partial charge >= 0.3 is 0 Å². The molecule has 0 aromatic carbocycles. The maximum absolute atomic E-state index is 12.7. The molecule has 0 saturated carbocycles. The van der Waals surface area contributed by atoms with Crippen LogP contribution < -0.4 is 5.32 Å². The lowest BCUT2D eigenvalue weighted by Crippen LogP contribution is -2.46. The first-order valence-corrected chi connectivity index (χ1v) is 9.24. The molecule has 0 spiro atoms. The minimum Gasteiger partial charge on any atom is -0.383 e. The fourth-order valence-electron chi connectivity index (χ4n) is 3.72. The average Bonchev–Trinajstić information content (AvgIpc) is 3.08. The lowest BCUT2D eigenvalue weighted by Gasteiger charge is -2.32. The molecule has 2 atom stereocenters. The number of amides is 1. The van der Waals surface area contributed by atoms with Crippen molar-refractivity contribution in [1.82, 2.24) is 15.2 Å². The summed E-state index contributed by atoms with van der Waals surface area (Å²) in [5, 5.41) is 3.25. The summed E-state index contributed by atoms with van der Waals surface area (Å²) in [7, 11) is 1.73. The van der Waals surface area contributed by atoms with Crippen LogP contribution >= 0.6 is 0 Å². The highest BCUT2D eigenvalue weighted by atomic mass is 16.5. The number of piperidine rings is 1. The van der Waals surface area contributed by atoms with Gasteiger partial charge in [-0.15, -0.1) is 0 Å². The van der Waals surface area contributed by atoms with Gasteiger partial charge in [0.05, 0.1) is 25.9 Å². The van der Waals surface area contributed by atoms with Crippen molar-refractivity contribution in [1.29, 1.82) is 0 Å². The van der Waals surface area contributed by atoms with Crippen LogP contribution in [-0.2, 0) is 20.7 Å². The Morgan fingerprint density at radius 1 is 1.32 bits per heavy atom. The van der Waals surface area contributed by atoms with Crippen molar-refractivity contribution in [2.45, 2.75) is 25.3 Å². The van der Waals surface area contributed by atoms with Crippen LogP contribution in [-0.4, -0.2) is 68.4 Å². The van der Waals surface area contributed by atoms with Crippen LogP contribution in [0, 0.1) is 11.8 Å². The summed E-state index contributed by atoms with van der Waals surface area (Å²) in [5.41, 5.74) is 1.25. The quantitative estimate of drug-likeness (QED) is 0.801. The summed E-state index contributed by atoms with van der Waals surface area (Å²) < 4.78 is 10.8. The van der Waals surface area contributed by atoms with E-state index in [1.807, 2.05) is 24.5 Å². The van der Waals surface area contributed by atoms with Gasteiger partial charge in [0.2, 0.25) is 5.91 Å². The largest absolute Gasteiger partial charge is 0.383 e. The van der Waals surface area contributed by atoms with Gasteiger partial charge in [-0.3, -0.25) is 9.78 Å². The van der Waals surface area contributed by atoms with Gasteiger partial charge in [0, 0.05) is 37.9 Å². The number of ether oxygens (including phenoxy) is 2. The molecule has 1 amide bonds. The lowest BCUT2D eigenvalue weighted by molar-refractivity contribution is -0.127. The molecule has 0 aliphatic carbocycles. The zero-order valence-electron chi connectivity index (χ0n) is 15.0. The van der Waals surface area contributed by atoms with Gasteiger partial charge in [-0.1, -0.05) is 0 Å². The molecule has 3 heterocycles. The molecular formula is C19H29N3O3. The molecule has 2 aliphatic rings. The van der Waals surface area contributed by atoms with Crippen LogP contribution in [0.1, 0.15) is 18.4 Å². The third kappa shape index (κ3) is 5.23. The van der Waals surface area contributed by atoms with Gasteiger partial charge in [-0.25, -0.2) is 0 Å². The standard InChI is InChI=1S/C19H29N3O3/c1-24-11-10-22-8-4-16(5-9-22)19(23)21-18-14-25-13-17(18)12-15-2-6-20-7-3-15/h2-3,6-7,16-18H,4-5,8-14H2,1H3,(H,21,23)/t17-,18+/m1/s1. The van der Waals surface area contributed by atoms with Crippen molar-refractivity contribution in [3.05, 3.63) is 30.1 Å². The number of pyridine rings is 1. The molecule has 1 aromatic rings. The molecule has 6 heteroatoms. The fraction of sp³-hybridized carbons (Fsp3) is 0.684. The molecule has 2 saturated heterocycles. The smallest absolute Gasteiger partial charge is 0.223 e. The summed E-state index contributed by atoms with van der Waals surface area (Å²) in [5.74, 6) is 0.663. The van der Waals surface area contributed by atoms with Crippen LogP contribution in [0.3, 0.4) is 0 Å². The minimum atomic E-state index is 0.118. The first-order valence-electron chi connectivity index (χ1n) is 9.24. The second kappa shape index (κ2) is 9.27. The second-order valence-corrected chi connectivity index (χ2v) is 7.08. The van der Waals surface area contributed by atoms with Crippen molar-refractivity contribution >= 4 is 5.91 Å². The van der Waals surface area contributed by atoms with Gasteiger partial charge < -0.3 is 19.7 Å². The highest BCUT2D eigenvalue weighted by molar-refractivity contribution is 5.79. The van der Waals surface area contributed by atoms with E-state index in [2.05, 4.69) is 15.2 Å². The summed E-state index contributed by atoms with van der Waals surface area (Å²) in [4.78, 5) is 19.1. The molecule has 1 aromatic heterocycles. The van der Waals surface area contributed by atoms with Crippen molar-refractivity contribution in [3.8, 4) is 0 Å². The second-order valence-electron chi connectivity index (χ2n) is 7.08. The van der Waals surface area contributed by atoms with Crippen molar-refractivity contribution in [2.75, 3.05) is 46.6 Å². The van der Waals surface area contributed by atoms with E-state index in [9.17, 15) is 4.79 Å². The first-order chi connectivity index (χ1) is 12.3. The Bertz CT molecular complexity index is 532. The molecule has 2 fully saturated rings. The van der Waals surface area contributed by atoms with E-state index < -0.39 is 0 Å². The van der Waals surface area contributed by atoms with E-state index in [-0.39, 0.29) is 17.9 Å². The van der Waals surface area contributed by atoms with Crippen LogP contribution in [0.15, 0.2) is 24.5 Å². The molecule has 138 valence electrons. The number of nitrogens with one attached hydrogen (secondary N) is 1. The Hall–Kier alpha value is -1.50. The Balaban J connectivity index is 1.46. The van der Waals surface area contributed by atoms with Crippen molar-refractivity contribution < 1.29 is 14.3 Å². The van der Waals surface area contributed by atoms with E-state index in [1.54, 1.807) is 7.11 Å². The molecular weight excluding hydrogens is 318 g/mol. The molecule has 2 aliphatic heterocycles. The van der Waals surface area contributed by atoms with Crippen LogP contribution in [0.4, 0.5) is 0 Å². The number of carbonyl (C=O) groups excluding carboxylic acids is 1. The number of likely N-dealkylation sites (tertiary alicyclic amines) is 1. The average molecular weight is 347 g/mol. The number of carbonyl (C=O) groups is 1. The third-order valence-corrected chi connectivity index (χ3v) is 5.34. The molecule has 0 radical (unpaired) electrons. The summed E-state index contributed by atoms with van der Waals surface area (Å²) in [6.45, 7) is 4.99. The number of hydrogen-bond acceptors (Lipinski definition) is 5. The predicted molar refractivity (Wildman–Crippen MR) is 95.2 cm³/mol. The Labute approximate surface area is 149 Å². The van der Waals surface area contributed by atoms with Crippen molar-refractivity contribution in [3.63, 3.8) is 0 Å². The summed E-state index contributed by atoms with van der Waals surface area (Å²) in [6, 6.07) is 4.19. The topological polar surface area (TPSA) is 63.7 Å². The van der Waals surface area contributed by atoms with Crippen LogP contribution in [0.25, 0.3) is 0 Å². The molecule has 25 heavy (non-hydrogen) atoms. The van der Waals surface area contributed by atoms with Crippen molar-refractivity contribution in [2.24, 2.45) is 11.8 Å². The number of nitrogens with zero attached hydrogens (tertiary/aromatic N) is 2. The van der Waals surface area contributed by atoms with Gasteiger partial charge in [-0.2, -0.15) is 0 Å². The van der Waals surface area contributed by atoms with Crippen LogP contribution in [0.5, 0.6) is 0 Å². The number of hydrogen-bond donors (Lipinski definition) is 1. The van der Waals surface area contributed by atoms with Crippen LogP contribution in [0.2, 0.25) is 0 Å². The Morgan fingerprint density at radius 3 is 2.80 bits per heavy atom. The maximum atomic E-state index is 12.7. The number of methoxy groups -OCH3 is 1. The normalized spacial score (nSPS) is 25.2. The van der Waals surface area contributed by atoms with E-state index >= 15 is 0 Å². The molecule has 0 unspecified atom stereocenters. The monoisotopic (exact) mass is 347 g/mol. The molecule has 3 rings (SSSR count). The predicted octanol–water partition coefficient (Wildman–Crippen LogP) is 1.11. The van der Waals surface area contributed by atoms with Gasteiger partial charge in [0.1, 0.15) is 0 Å². The molecule has 6 nitrogen and oxygen atoms in total. The third-order valence-electron chi connectivity index (χ3n) is 5.34. The van der Waals surface area contributed by atoms with Gasteiger partial charge in [-0.05, 0) is 50.0 Å². The van der Waals surface area contributed by atoms with Gasteiger partial charge in [0.15, 0.2) is 0 Å². The Morgan fingerprint density at radius 2 is 2.08 bits per heavy atom. The minimum absolute atomic E-state index is 0.118. The number of aromatic nitrogens is 1. The summed E-state index contributed by atoms with van der Waals surface area (Å²) in [6.07, 6.45) is 6.41. The molecule has 0 bridgehead atoms. The Kier molecular flexibility index (Phi) is 6.78. The van der Waals surface area contributed by atoms with E-state index in [4.69, 9.17) is 9.47 Å².